The van der Waals surface area contributed by atoms with E-state index in [1.54, 1.807) is 0 Å². The standard InChI is InChI=1S/C25H24N2O6/c28-23(29)10-5-13-26-24(30)22-12-11-16(33-22)14-27-25(31)32-15-21-19-8-3-1-6-17(19)18-7-2-4-9-20(18)21/h1-4,6-9,16,21-22H,11-15H2,(H,26,30)(H,27,31)(H,28,29). The molecule has 2 atom stereocenters. The smallest absolute Gasteiger partial charge is 0.407 e. The van der Waals surface area contributed by atoms with Crippen LogP contribution in [0.2, 0.25) is 0 Å². The molecule has 8 nitrogen and oxygen atoms in total. The van der Waals surface area contributed by atoms with E-state index in [1.807, 2.05) is 30.2 Å². The lowest BCUT2D eigenvalue weighted by molar-refractivity contribution is -0.132. The average Bonchev–Trinajstić information content (AvgIpc) is 3.42. The Balaban J connectivity index is 1.22. The van der Waals surface area contributed by atoms with Crippen molar-refractivity contribution in [3.63, 3.8) is 0 Å². The van der Waals surface area contributed by atoms with Gasteiger partial charge in [-0.05, 0) is 35.1 Å². The lowest BCUT2D eigenvalue weighted by Crippen LogP contribution is -2.37. The predicted molar refractivity (Wildman–Crippen MR) is 119 cm³/mol. The van der Waals surface area contributed by atoms with Gasteiger partial charge in [0.15, 0.2) is 0 Å². The number of carboxylic acid groups (broad SMARTS) is 1. The van der Waals surface area contributed by atoms with E-state index in [0.29, 0.717) is 12.8 Å². The Morgan fingerprint density at radius 2 is 1.67 bits per heavy atom. The molecule has 3 N–H and O–H groups in total. The molecule has 2 amide bonds. The van der Waals surface area contributed by atoms with Gasteiger partial charge in [-0.25, -0.2) is 9.59 Å². The number of fused-ring (bicyclic) bond motifs is 3. The molecular weight excluding hydrogens is 424 g/mol. The van der Waals surface area contributed by atoms with Gasteiger partial charge < -0.3 is 25.2 Å². The van der Waals surface area contributed by atoms with Crippen LogP contribution in [0.3, 0.4) is 0 Å². The van der Waals surface area contributed by atoms with E-state index < -0.39 is 18.2 Å². The van der Waals surface area contributed by atoms with Crippen LogP contribution >= 0.6 is 0 Å². The number of benzene rings is 2. The summed E-state index contributed by atoms with van der Waals surface area (Å²) < 4.78 is 11.2. The van der Waals surface area contributed by atoms with Gasteiger partial charge in [0.2, 0.25) is 5.91 Å². The first-order valence-corrected chi connectivity index (χ1v) is 10.8. The quantitative estimate of drug-likeness (QED) is 0.585. The summed E-state index contributed by atoms with van der Waals surface area (Å²) in [5.74, 6) is 2.65. The number of hydrogen-bond donors (Lipinski definition) is 3. The highest BCUT2D eigenvalue weighted by molar-refractivity contribution is 5.87. The fraction of sp³-hybridized carbons (Fsp3) is 0.320. The van der Waals surface area contributed by atoms with E-state index in [0.717, 1.165) is 11.1 Å². The van der Waals surface area contributed by atoms with Crippen molar-refractivity contribution < 1.29 is 29.0 Å². The number of carbonyl (C=O) groups is 3. The van der Waals surface area contributed by atoms with Crippen LogP contribution in [0.4, 0.5) is 4.79 Å². The van der Waals surface area contributed by atoms with E-state index in [9.17, 15) is 14.4 Å². The number of nitrogens with one attached hydrogen (secondary N) is 2. The molecule has 1 heterocycles. The molecule has 1 aliphatic carbocycles. The van der Waals surface area contributed by atoms with Gasteiger partial charge in [-0.3, -0.25) is 4.79 Å². The molecule has 0 bridgehead atoms. The monoisotopic (exact) mass is 448 g/mol. The predicted octanol–water partition coefficient (Wildman–Crippen LogP) is 2.28. The lowest BCUT2D eigenvalue weighted by Gasteiger charge is -2.16. The number of amides is 2. The molecule has 0 spiro atoms. The topological polar surface area (TPSA) is 114 Å². The number of ether oxygens (including phenoxy) is 2. The van der Waals surface area contributed by atoms with Gasteiger partial charge in [-0.15, -0.1) is 0 Å². The summed E-state index contributed by atoms with van der Waals surface area (Å²) in [6.07, 6.45) is -0.354. The summed E-state index contributed by atoms with van der Waals surface area (Å²) in [7, 11) is 0. The third-order valence-electron chi connectivity index (χ3n) is 5.76. The molecule has 2 aromatic carbocycles. The molecule has 1 saturated heterocycles. The zero-order valence-electron chi connectivity index (χ0n) is 17.9. The highest BCUT2D eigenvalue weighted by Crippen LogP contribution is 2.44. The average molecular weight is 448 g/mol. The van der Waals surface area contributed by atoms with Gasteiger partial charge in [0.05, 0.1) is 12.6 Å². The molecule has 170 valence electrons. The minimum absolute atomic E-state index is 0.0109. The minimum atomic E-state index is -1.25. The van der Waals surface area contributed by atoms with Gasteiger partial charge in [0.25, 0.3) is 0 Å². The number of carboxylic acids is 1. The molecule has 2 aliphatic rings. The molecule has 33 heavy (non-hydrogen) atoms. The van der Waals surface area contributed by atoms with Crippen molar-refractivity contribution in [2.24, 2.45) is 0 Å². The Morgan fingerprint density at radius 3 is 2.33 bits per heavy atom. The Kier molecular flexibility index (Phi) is 6.91. The third kappa shape index (κ3) is 5.33. The van der Waals surface area contributed by atoms with E-state index in [4.69, 9.17) is 14.6 Å². The van der Waals surface area contributed by atoms with E-state index >= 15 is 0 Å². The van der Waals surface area contributed by atoms with Crippen LogP contribution in [0.25, 0.3) is 11.1 Å². The zero-order valence-corrected chi connectivity index (χ0v) is 17.9. The van der Waals surface area contributed by atoms with E-state index in [2.05, 4.69) is 40.8 Å². The summed E-state index contributed by atoms with van der Waals surface area (Å²) in [5, 5.41) is 13.7. The maximum Gasteiger partial charge on any atom is 0.407 e. The molecule has 1 fully saturated rings. The molecule has 2 aromatic rings. The van der Waals surface area contributed by atoms with Crippen LogP contribution in [-0.2, 0) is 19.1 Å². The van der Waals surface area contributed by atoms with Crippen molar-refractivity contribution in [2.75, 3.05) is 19.7 Å². The second kappa shape index (κ2) is 10.2. The minimum Gasteiger partial charge on any atom is -0.472 e. The number of carbonyl (C=O) groups excluding carboxylic acids is 2. The number of hydrogen-bond acceptors (Lipinski definition) is 5. The SMILES string of the molecule is O=C(O)C#CCNC(=O)C1CCC(CNC(=O)OCC2c3ccccc3-c3ccccc32)O1. The van der Waals surface area contributed by atoms with Gasteiger partial charge in [0, 0.05) is 18.4 Å². The van der Waals surface area contributed by atoms with Crippen LogP contribution < -0.4 is 10.6 Å². The second-order valence-electron chi connectivity index (χ2n) is 7.86. The Labute approximate surface area is 191 Å². The Morgan fingerprint density at radius 1 is 1.00 bits per heavy atom. The van der Waals surface area contributed by atoms with Gasteiger partial charge in [-0.2, -0.15) is 0 Å². The second-order valence-corrected chi connectivity index (χ2v) is 7.86. The molecule has 0 aromatic heterocycles. The zero-order chi connectivity index (χ0) is 23.2. The molecule has 0 radical (unpaired) electrons. The van der Waals surface area contributed by atoms with Crippen LogP contribution in [0.5, 0.6) is 0 Å². The van der Waals surface area contributed by atoms with Crippen LogP contribution in [-0.4, -0.2) is 55.0 Å². The van der Waals surface area contributed by atoms with Gasteiger partial charge >= 0.3 is 12.1 Å². The fourth-order valence-corrected chi connectivity index (χ4v) is 4.26. The lowest BCUT2D eigenvalue weighted by atomic mass is 9.98. The molecule has 8 heteroatoms. The summed E-state index contributed by atoms with van der Waals surface area (Å²) in [6, 6.07) is 16.3. The maximum absolute atomic E-state index is 12.3. The maximum atomic E-state index is 12.3. The van der Waals surface area contributed by atoms with Gasteiger partial charge in [0.1, 0.15) is 12.7 Å². The molecule has 1 aliphatic heterocycles. The normalized spacial score (nSPS) is 18.4. The first-order chi connectivity index (χ1) is 16.0. The molecular formula is C25H24N2O6. The highest BCUT2D eigenvalue weighted by atomic mass is 16.5. The van der Waals surface area contributed by atoms with Crippen molar-refractivity contribution in [1.29, 1.82) is 0 Å². The Bertz CT molecular complexity index is 1070. The van der Waals surface area contributed by atoms with Crippen LogP contribution in [0, 0.1) is 11.8 Å². The van der Waals surface area contributed by atoms with Gasteiger partial charge in [-0.1, -0.05) is 54.5 Å². The summed E-state index contributed by atoms with van der Waals surface area (Å²) in [6.45, 7) is 0.403. The first kappa shape index (κ1) is 22.4. The largest absolute Gasteiger partial charge is 0.472 e. The third-order valence-corrected chi connectivity index (χ3v) is 5.76. The highest BCUT2D eigenvalue weighted by Gasteiger charge is 2.31. The summed E-state index contributed by atoms with van der Waals surface area (Å²) in [5.41, 5.74) is 4.62. The van der Waals surface area contributed by atoms with Crippen LogP contribution in [0.15, 0.2) is 48.5 Å². The van der Waals surface area contributed by atoms with Crippen molar-refractivity contribution in [3.8, 4) is 23.0 Å². The van der Waals surface area contributed by atoms with E-state index in [1.165, 1.54) is 11.1 Å². The molecule has 4 rings (SSSR count). The Hall–Kier alpha value is -3.83. The van der Waals surface area contributed by atoms with Crippen LogP contribution in [0.1, 0.15) is 29.9 Å². The number of rotatable bonds is 6. The first-order valence-electron chi connectivity index (χ1n) is 10.8. The summed E-state index contributed by atoms with van der Waals surface area (Å²) >= 11 is 0. The van der Waals surface area contributed by atoms with Crippen molar-refractivity contribution in [2.45, 2.75) is 31.0 Å². The van der Waals surface area contributed by atoms with E-state index in [-0.39, 0.29) is 37.6 Å². The number of aliphatic carboxylic acids is 1. The van der Waals surface area contributed by atoms with Crippen molar-refractivity contribution >= 4 is 18.0 Å². The summed E-state index contributed by atoms with van der Waals surface area (Å²) in [4.78, 5) is 34.7. The van der Waals surface area contributed by atoms with Crippen molar-refractivity contribution in [3.05, 3.63) is 59.7 Å². The molecule has 0 saturated carbocycles. The molecule has 2 unspecified atom stereocenters. The number of alkyl carbamates (subject to hydrolysis) is 1. The van der Waals surface area contributed by atoms with Crippen molar-refractivity contribution in [1.82, 2.24) is 10.6 Å². The fourth-order valence-electron chi connectivity index (χ4n) is 4.26.